The van der Waals surface area contributed by atoms with Crippen molar-refractivity contribution in [3.8, 4) is 5.75 Å². The second-order valence-corrected chi connectivity index (χ2v) is 7.52. The summed E-state index contributed by atoms with van der Waals surface area (Å²) < 4.78 is 5.89. The van der Waals surface area contributed by atoms with E-state index in [9.17, 15) is 14.7 Å². The second kappa shape index (κ2) is 7.33. The van der Waals surface area contributed by atoms with Gasteiger partial charge in [-0.15, -0.1) is 0 Å². The van der Waals surface area contributed by atoms with Gasteiger partial charge in [-0.25, -0.2) is 0 Å². The van der Waals surface area contributed by atoms with E-state index in [1.807, 2.05) is 55.5 Å². The highest BCUT2D eigenvalue weighted by atomic mass is 16.5. The van der Waals surface area contributed by atoms with Crippen LogP contribution >= 0.6 is 0 Å². The molecule has 3 aromatic carbocycles. The summed E-state index contributed by atoms with van der Waals surface area (Å²) in [7, 11) is 0. The lowest BCUT2D eigenvalue weighted by molar-refractivity contribution is -0.141. The Kier molecular flexibility index (Phi) is 4.84. The average Bonchev–Trinajstić information content (AvgIpc) is 2.90. The molecule has 0 bridgehead atoms. The number of aliphatic hydroxyl groups is 1. The lowest BCUT2D eigenvalue weighted by Gasteiger charge is -2.22. The monoisotopic (exact) mass is 389 g/mol. The number of nitrogens with zero attached hydrogens (tertiary/aromatic N) is 1. The minimum Gasteiger partial charge on any atom is -0.492 e. The van der Waals surface area contributed by atoms with Gasteiger partial charge in [0.25, 0.3) is 5.91 Å². The summed E-state index contributed by atoms with van der Waals surface area (Å²) in [6.45, 7) is 3.83. The predicted octanol–water partition coefficient (Wildman–Crippen LogP) is 3.74. The molecule has 29 heavy (non-hydrogen) atoms. The highest BCUT2D eigenvalue weighted by molar-refractivity contribution is 6.09. The smallest absolute Gasteiger partial charge is 0.264 e. The normalized spacial score (nSPS) is 18.2. The van der Waals surface area contributed by atoms with Gasteiger partial charge in [0, 0.05) is 12.0 Å². The van der Waals surface area contributed by atoms with Crippen LogP contribution in [0.5, 0.6) is 5.75 Å². The largest absolute Gasteiger partial charge is 0.492 e. The molecule has 0 spiro atoms. The van der Waals surface area contributed by atoms with Gasteiger partial charge in [0.1, 0.15) is 18.1 Å². The number of amides is 1. The van der Waals surface area contributed by atoms with Gasteiger partial charge in [0.15, 0.2) is 5.60 Å². The van der Waals surface area contributed by atoms with Crippen LogP contribution in [0.25, 0.3) is 10.8 Å². The molecule has 1 heterocycles. The molecule has 0 saturated carbocycles. The molecule has 1 atom stereocenters. The van der Waals surface area contributed by atoms with Crippen molar-refractivity contribution >= 4 is 28.2 Å². The molecule has 1 aliphatic heterocycles. The first-order valence-corrected chi connectivity index (χ1v) is 9.65. The summed E-state index contributed by atoms with van der Waals surface area (Å²) in [6.07, 6.45) is -0.232. The molecular weight excluding hydrogens is 366 g/mol. The summed E-state index contributed by atoms with van der Waals surface area (Å²) >= 11 is 0. The molecule has 1 amide bonds. The fourth-order valence-corrected chi connectivity index (χ4v) is 4.05. The summed E-state index contributed by atoms with van der Waals surface area (Å²) in [5.74, 6) is 0.0148. The minimum absolute atomic E-state index is 0.232. The second-order valence-electron chi connectivity index (χ2n) is 7.52. The molecule has 1 N–H and O–H groups in total. The average molecular weight is 389 g/mol. The number of fused-ring (bicyclic) bond motifs is 2. The number of Topliss-reactive ketones (excluding diaryl/α,β-unsaturated/α-hetero) is 1. The molecule has 0 aromatic heterocycles. The maximum Gasteiger partial charge on any atom is 0.264 e. The summed E-state index contributed by atoms with van der Waals surface area (Å²) in [5.41, 5.74) is 0.226. The zero-order chi connectivity index (χ0) is 20.6. The van der Waals surface area contributed by atoms with Crippen LogP contribution in [0.4, 0.5) is 5.69 Å². The first kappa shape index (κ1) is 19.2. The van der Waals surface area contributed by atoms with Gasteiger partial charge in [0.05, 0.1) is 12.2 Å². The third-order valence-electron chi connectivity index (χ3n) is 5.36. The Labute approximate surface area is 169 Å². The van der Waals surface area contributed by atoms with Gasteiger partial charge in [0.2, 0.25) is 0 Å². The van der Waals surface area contributed by atoms with Gasteiger partial charge in [-0.05, 0) is 42.3 Å². The predicted molar refractivity (Wildman–Crippen MR) is 112 cm³/mol. The number of ketones is 1. The highest BCUT2D eigenvalue weighted by Gasteiger charge is 2.50. The van der Waals surface area contributed by atoms with Crippen LogP contribution in [0.1, 0.15) is 24.5 Å². The van der Waals surface area contributed by atoms with Gasteiger partial charge < -0.3 is 14.7 Å². The van der Waals surface area contributed by atoms with Crippen LogP contribution in [0, 0.1) is 6.92 Å². The molecule has 1 aliphatic rings. The molecule has 3 aromatic rings. The topological polar surface area (TPSA) is 66.8 Å². The first-order valence-electron chi connectivity index (χ1n) is 9.65. The van der Waals surface area contributed by atoms with Crippen molar-refractivity contribution in [2.45, 2.75) is 25.9 Å². The first-order chi connectivity index (χ1) is 13.9. The SMILES string of the molecule is CC(=O)CC1(O)C(=O)N(CCOc2ccc3ccccc3c2)c2c(C)cccc21. The van der Waals surface area contributed by atoms with Crippen LogP contribution in [0.15, 0.2) is 60.7 Å². The third kappa shape index (κ3) is 3.38. The number of ether oxygens (including phenoxy) is 1. The van der Waals surface area contributed by atoms with Crippen molar-refractivity contribution < 1.29 is 19.4 Å². The highest BCUT2D eigenvalue weighted by Crippen LogP contribution is 2.44. The fourth-order valence-electron chi connectivity index (χ4n) is 4.05. The quantitative estimate of drug-likeness (QED) is 0.697. The van der Waals surface area contributed by atoms with Crippen LogP contribution in [0.2, 0.25) is 0 Å². The molecule has 0 fully saturated rings. The van der Waals surface area contributed by atoms with Crippen LogP contribution < -0.4 is 9.64 Å². The lowest BCUT2D eigenvalue weighted by Crippen LogP contribution is -2.43. The molecule has 1 unspecified atom stereocenters. The van der Waals surface area contributed by atoms with E-state index in [2.05, 4.69) is 0 Å². The maximum absolute atomic E-state index is 13.1. The molecule has 4 rings (SSSR count). The Morgan fingerprint density at radius 3 is 2.59 bits per heavy atom. The number of hydrogen-bond donors (Lipinski definition) is 1. The van der Waals surface area contributed by atoms with Crippen molar-refractivity contribution in [3.05, 3.63) is 71.8 Å². The molecule has 0 aliphatic carbocycles. The Morgan fingerprint density at radius 2 is 1.83 bits per heavy atom. The van der Waals surface area contributed by atoms with E-state index in [1.165, 1.54) is 11.8 Å². The van der Waals surface area contributed by atoms with Crippen LogP contribution in [-0.2, 0) is 15.2 Å². The van der Waals surface area contributed by atoms with E-state index in [0.717, 1.165) is 22.1 Å². The Morgan fingerprint density at radius 1 is 1.07 bits per heavy atom. The van der Waals surface area contributed by atoms with E-state index < -0.39 is 11.5 Å². The van der Waals surface area contributed by atoms with Crippen molar-refractivity contribution in [1.29, 1.82) is 0 Å². The van der Waals surface area contributed by atoms with E-state index in [-0.39, 0.29) is 25.4 Å². The van der Waals surface area contributed by atoms with Crippen molar-refractivity contribution in [3.63, 3.8) is 0 Å². The van der Waals surface area contributed by atoms with E-state index in [4.69, 9.17) is 4.74 Å². The Balaban J connectivity index is 1.55. The van der Waals surface area contributed by atoms with E-state index >= 15 is 0 Å². The van der Waals surface area contributed by atoms with E-state index in [0.29, 0.717) is 11.3 Å². The number of anilines is 1. The number of carbonyl (C=O) groups is 2. The van der Waals surface area contributed by atoms with Crippen LogP contribution in [-0.4, -0.2) is 29.9 Å². The van der Waals surface area contributed by atoms with E-state index in [1.54, 1.807) is 12.1 Å². The zero-order valence-corrected chi connectivity index (χ0v) is 16.5. The molecule has 5 heteroatoms. The minimum atomic E-state index is -1.81. The van der Waals surface area contributed by atoms with Crippen molar-refractivity contribution in [2.75, 3.05) is 18.1 Å². The van der Waals surface area contributed by atoms with Gasteiger partial charge >= 0.3 is 0 Å². The Hall–Kier alpha value is -3.18. The molecule has 5 nitrogen and oxygen atoms in total. The Bertz CT molecular complexity index is 1110. The summed E-state index contributed by atoms with van der Waals surface area (Å²) in [4.78, 5) is 26.3. The van der Waals surface area contributed by atoms with Crippen molar-refractivity contribution in [1.82, 2.24) is 0 Å². The number of carbonyl (C=O) groups excluding carboxylic acids is 2. The van der Waals surface area contributed by atoms with Crippen LogP contribution in [0.3, 0.4) is 0 Å². The lowest BCUT2D eigenvalue weighted by atomic mass is 9.89. The van der Waals surface area contributed by atoms with Gasteiger partial charge in [-0.2, -0.15) is 0 Å². The maximum atomic E-state index is 13.1. The van der Waals surface area contributed by atoms with Gasteiger partial charge in [-0.1, -0.05) is 48.5 Å². The third-order valence-corrected chi connectivity index (χ3v) is 5.36. The van der Waals surface area contributed by atoms with Gasteiger partial charge in [-0.3, -0.25) is 9.59 Å². The number of rotatable bonds is 6. The summed E-state index contributed by atoms with van der Waals surface area (Å²) in [5, 5.41) is 13.3. The number of para-hydroxylation sites is 1. The standard InChI is InChI=1S/C24H23NO4/c1-16-6-5-9-21-22(16)25(23(27)24(21,28)15-17(2)26)12-13-29-20-11-10-18-7-3-4-8-19(18)14-20/h3-11,14,28H,12-13,15H2,1-2H3. The van der Waals surface area contributed by atoms with Crippen molar-refractivity contribution in [2.24, 2.45) is 0 Å². The number of hydrogen-bond acceptors (Lipinski definition) is 4. The molecule has 148 valence electrons. The molecule has 0 saturated heterocycles. The molecular formula is C24H23NO4. The zero-order valence-electron chi connectivity index (χ0n) is 16.5. The number of aryl methyl sites for hydroxylation is 1. The summed E-state index contributed by atoms with van der Waals surface area (Å²) in [6, 6.07) is 19.3. The number of benzene rings is 3. The fraction of sp³-hybridized carbons (Fsp3) is 0.250. The molecule has 0 radical (unpaired) electrons.